The number of hydrogen-bond acceptors (Lipinski definition) is 13. The van der Waals surface area contributed by atoms with Gasteiger partial charge < -0.3 is 35.5 Å². The molecule has 5 atom stereocenters. The highest BCUT2D eigenvalue weighted by Gasteiger charge is 2.46. The molecule has 0 amide bonds. The van der Waals surface area contributed by atoms with Crippen LogP contribution < -0.4 is 16.6 Å². The molecule has 1 aromatic rings. The molecule has 2 heterocycles. The molecule has 180 valence electrons. The quantitative estimate of drug-likeness (QED) is 0.137. The van der Waals surface area contributed by atoms with E-state index in [1.807, 2.05) is 0 Å². The van der Waals surface area contributed by atoms with Crippen molar-refractivity contribution in [1.29, 1.82) is 0 Å². The SMILES string of the molecule is CC#Cc1cn(N2O[C@H](COP(=O)(O)OP(=O)(O)OP(=O)(O)O)[C@@H](O)[C@H]2O)c(=O)nc1N. The van der Waals surface area contributed by atoms with Crippen LogP contribution in [0.1, 0.15) is 12.5 Å². The minimum absolute atomic E-state index is 0.0640. The lowest BCUT2D eigenvalue weighted by molar-refractivity contribution is -0.0230. The number of anilines is 1. The first-order chi connectivity index (χ1) is 14.6. The van der Waals surface area contributed by atoms with Crippen LogP contribution in [-0.4, -0.2) is 64.5 Å². The van der Waals surface area contributed by atoms with Gasteiger partial charge in [0.15, 0.2) is 6.23 Å². The van der Waals surface area contributed by atoms with E-state index >= 15 is 0 Å². The highest BCUT2D eigenvalue weighted by Crippen LogP contribution is 2.66. The van der Waals surface area contributed by atoms with Crippen molar-refractivity contribution in [2.75, 3.05) is 17.5 Å². The Morgan fingerprint density at radius 3 is 2.38 bits per heavy atom. The molecule has 21 heteroatoms. The largest absolute Gasteiger partial charge is 0.490 e. The molecule has 18 nitrogen and oxygen atoms in total. The van der Waals surface area contributed by atoms with E-state index in [9.17, 15) is 33.6 Å². The summed E-state index contributed by atoms with van der Waals surface area (Å²) < 4.78 is 45.7. The molecular formula is C11H17N4O14P3. The van der Waals surface area contributed by atoms with Crippen LogP contribution in [0.15, 0.2) is 11.0 Å². The number of hydrogen-bond donors (Lipinski definition) is 7. The lowest BCUT2D eigenvalue weighted by Gasteiger charge is -2.22. The van der Waals surface area contributed by atoms with Crippen molar-refractivity contribution >= 4 is 29.3 Å². The van der Waals surface area contributed by atoms with Crippen LogP contribution in [0.4, 0.5) is 5.82 Å². The lowest BCUT2D eigenvalue weighted by atomic mass is 10.2. The molecule has 0 aliphatic carbocycles. The second-order valence-corrected chi connectivity index (χ2v) is 10.2. The zero-order chi connectivity index (χ0) is 24.5. The second-order valence-electron chi connectivity index (χ2n) is 5.78. The van der Waals surface area contributed by atoms with Gasteiger partial charge in [0, 0.05) is 0 Å². The molecule has 0 spiro atoms. The fraction of sp³-hybridized carbons (Fsp3) is 0.455. The van der Waals surface area contributed by atoms with Crippen LogP contribution >= 0.6 is 23.5 Å². The topological polar surface area (TPSA) is 274 Å². The normalized spacial score (nSPS) is 25.0. The third-order valence-corrected chi connectivity index (χ3v) is 7.19. The number of aliphatic hydroxyl groups is 2. The molecule has 1 aliphatic rings. The molecule has 0 bridgehead atoms. The van der Waals surface area contributed by atoms with Gasteiger partial charge in [0.25, 0.3) is 0 Å². The fourth-order valence-corrected chi connectivity index (χ4v) is 5.22. The highest BCUT2D eigenvalue weighted by molar-refractivity contribution is 7.66. The summed E-state index contributed by atoms with van der Waals surface area (Å²) >= 11 is 0. The van der Waals surface area contributed by atoms with Gasteiger partial charge in [0.2, 0.25) is 0 Å². The number of hydroxylamine groups is 1. The van der Waals surface area contributed by atoms with Crippen LogP contribution in [0.5, 0.6) is 0 Å². The maximum absolute atomic E-state index is 12.1. The predicted molar refractivity (Wildman–Crippen MR) is 100 cm³/mol. The zero-order valence-electron chi connectivity index (χ0n) is 15.7. The molecule has 0 saturated carbocycles. The Morgan fingerprint density at radius 1 is 1.19 bits per heavy atom. The van der Waals surface area contributed by atoms with Crippen LogP contribution in [0.2, 0.25) is 0 Å². The summed E-state index contributed by atoms with van der Waals surface area (Å²) in [7, 11) is -16.8. The Balaban J connectivity index is 2.14. The van der Waals surface area contributed by atoms with Gasteiger partial charge in [-0.3, -0.25) is 4.52 Å². The number of aliphatic hydroxyl groups excluding tert-OH is 2. The number of aromatic nitrogens is 2. The molecule has 1 aliphatic heterocycles. The van der Waals surface area contributed by atoms with Gasteiger partial charge in [-0.15, -0.1) is 5.92 Å². The number of phosphoric ester groups is 1. The Bertz CT molecular complexity index is 1120. The molecule has 8 N–H and O–H groups in total. The average Bonchev–Trinajstić information content (AvgIpc) is 2.87. The molecule has 2 unspecified atom stereocenters. The van der Waals surface area contributed by atoms with E-state index in [1.165, 1.54) is 6.92 Å². The second kappa shape index (κ2) is 9.67. The van der Waals surface area contributed by atoms with Crippen molar-refractivity contribution < 1.29 is 61.5 Å². The molecule has 1 saturated heterocycles. The Labute approximate surface area is 178 Å². The number of nitrogen functional groups attached to an aromatic ring is 1. The van der Waals surface area contributed by atoms with Gasteiger partial charge >= 0.3 is 29.2 Å². The zero-order valence-corrected chi connectivity index (χ0v) is 18.4. The molecule has 2 rings (SSSR count). The first-order valence-corrected chi connectivity index (χ1v) is 12.5. The Kier molecular flexibility index (Phi) is 8.04. The summed E-state index contributed by atoms with van der Waals surface area (Å²) in [5, 5.41) is 20.6. The fourth-order valence-electron chi connectivity index (χ4n) is 2.19. The number of rotatable bonds is 8. The molecule has 1 aromatic heterocycles. The molecule has 0 aromatic carbocycles. The maximum atomic E-state index is 12.1. The van der Waals surface area contributed by atoms with E-state index in [0.29, 0.717) is 9.85 Å². The molecule has 1 fully saturated rings. The van der Waals surface area contributed by atoms with Crippen molar-refractivity contribution in [1.82, 2.24) is 9.66 Å². The first kappa shape index (κ1) is 26.6. The Morgan fingerprint density at radius 2 is 1.81 bits per heavy atom. The van der Waals surface area contributed by atoms with Crippen molar-refractivity contribution in [3.63, 3.8) is 0 Å². The summed E-state index contributed by atoms with van der Waals surface area (Å²) in [6.45, 7) is 0.385. The Hall–Kier alpha value is -1.67. The number of phosphoric acid groups is 3. The lowest BCUT2D eigenvalue weighted by Crippen LogP contribution is -2.47. The summed E-state index contributed by atoms with van der Waals surface area (Å²) in [5.74, 6) is 4.82. The van der Waals surface area contributed by atoms with Crippen molar-refractivity contribution in [3.8, 4) is 11.8 Å². The van der Waals surface area contributed by atoms with Crippen LogP contribution in [0.3, 0.4) is 0 Å². The average molecular weight is 522 g/mol. The molecule has 32 heavy (non-hydrogen) atoms. The van der Waals surface area contributed by atoms with E-state index in [0.717, 1.165) is 6.20 Å². The van der Waals surface area contributed by atoms with E-state index in [4.69, 9.17) is 25.3 Å². The summed E-state index contributed by atoms with van der Waals surface area (Å²) in [6, 6.07) is 0. The van der Waals surface area contributed by atoms with Crippen molar-refractivity contribution in [2.45, 2.75) is 25.4 Å². The predicted octanol–water partition coefficient (Wildman–Crippen LogP) is -2.53. The highest BCUT2D eigenvalue weighted by atomic mass is 31.3. The standard InChI is InChI=1S/C11H17N4O14P3/c1-2-3-6-4-14(11(18)13-9(6)12)15-10(17)8(16)7(27-15)5-26-31(22,23)29-32(24,25)28-30(19,20)21/h4,7-8,10,16-17H,5H2,1H3,(H,22,23)(H,24,25)(H2,12,13,18)(H2,19,20,21)/t7-,8-,10-/m1/s1. The van der Waals surface area contributed by atoms with Crippen molar-refractivity contribution in [3.05, 3.63) is 22.2 Å². The molecule has 0 radical (unpaired) electrons. The third-order valence-electron chi connectivity index (χ3n) is 3.39. The summed E-state index contributed by atoms with van der Waals surface area (Å²) in [4.78, 5) is 56.1. The van der Waals surface area contributed by atoms with Gasteiger partial charge in [0.05, 0.1) is 18.4 Å². The van der Waals surface area contributed by atoms with Crippen LogP contribution in [0.25, 0.3) is 0 Å². The summed E-state index contributed by atoms with van der Waals surface area (Å²) in [5.41, 5.74) is 4.57. The number of nitrogens with two attached hydrogens (primary N) is 1. The monoisotopic (exact) mass is 522 g/mol. The van der Waals surface area contributed by atoms with Crippen molar-refractivity contribution in [2.24, 2.45) is 0 Å². The van der Waals surface area contributed by atoms with E-state index < -0.39 is 54.2 Å². The smallest absolute Gasteiger partial charge is 0.385 e. The van der Waals surface area contributed by atoms with E-state index in [1.54, 1.807) is 0 Å². The number of nitrogens with zero attached hydrogens (tertiary/aromatic N) is 3. The third kappa shape index (κ3) is 6.91. The minimum atomic E-state index is -5.75. The maximum Gasteiger partial charge on any atom is 0.490 e. The van der Waals surface area contributed by atoms with Gasteiger partial charge in [-0.2, -0.15) is 23.5 Å². The summed E-state index contributed by atoms with van der Waals surface area (Å²) in [6.07, 6.45) is -4.43. The van der Waals surface area contributed by atoms with E-state index in [2.05, 4.69) is 30.0 Å². The van der Waals surface area contributed by atoms with E-state index in [-0.39, 0.29) is 11.4 Å². The molecular weight excluding hydrogens is 505 g/mol. The van der Waals surface area contributed by atoms with Gasteiger partial charge in [-0.25, -0.2) is 23.3 Å². The van der Waals surface area contributed by atoms with Gasteiger partial charge in [-0.1, -0.05) is 5.92 Å². The van der Waals surface area contributed by atoms with Gasteiger partial charge in [0.1, 0.15) is 18.0 Å². The van der Waals surface area contributed by atoms with Crippen LogP contribution in [-0.2, 0) is 31.7 Å². The minimum Gasteiger partial charge on any atom is -0.385 e. The first-order valence-electron chi connectivity index (χ1n) is 7.98. The van der Waals surface area contributed by atoms with Gasteiger partial charge in [-0.05, 0) is 6.92 Å². The van der Waals surface area contributed by atoms with Crippen LogP contribution in [0, 0.1) is 11.8 Å².